The molecule has 0 unspecified atom stereocenters. The third-order valence-electron chi connectivity index (χ3n) is 2.46. The first-order chi connectivity index (χ1) is 6.79. The highest BCUT2D eigenvalue weighted by atomic mass is 16.5. The summed E-state index contributed by atoms with van der Waals surface area (Å²) >= 11 is 0. The SMILES string of the molecule is NCc1ccc(OCC2CC2)cc1O. The summed E-state index contributed by atoms with van der Waals surface area (Å²) < 4.78 is 5.51. The third kappa shape index (κ3) is 2.17. The molecule has 0 aromatic heterocycles. The third-order valence-corrected chi connectivity index (χ3v) is 2.46. The van der Waals surface area contributed by atoms with Gasteiger partial charge in [0.1, 0.15) is 11.5 Å². The lowest BCUT2D eigenvalue weighted by molar-refractivity contribution is 0.298. The predicted octanol–water partition coefficient (Wildman–Crippen LogP) is 1.64. The van der Waals surface area contributed by atoms with Crippen LogP contribution in [0.4, 0.5) is 0 Å². The van der Waals surface area contributed by atoms with E-state index in [-0.39, 0.29) is 5.75 Å². The fourth-order valence-corrected chi connectivity index (χ4v) is 1.30. The van der Waals surface area contributed by atoms with E-state index in [4.69, 9.17) is 10.5 Å². The smallest absolute Gasteiger partial charge is 0.123 e. The summed E-state index contributed by atoms with van der Waals surface area (Å²) in [6.45, 7) is 1.12. The molecular formula is C11H15NO2. The Hall–Kier alpha value is -1.22. The van der Waals surface area contributed by atoms with Gasteiger partial charge in [0.25, 0.3) is 0 Å². The Balaban J connectivity index is 1.99. The van der Waals surface area contributed by atoms with Gasteiger partial charge in [0.05, 0.1) is 6.61 Å². The highest BCUT2D eigenvalue weighted by molar-refractivity contribution is 5.39. The summed E-state index contributed by atoms with van der Waals surface area (Å²) in [6, 6.07) is 5.28. The number of rotatable bonds is 4. The quantitative estimate of drug-likeness (QED) is 0.764. The molecule has 3 heteroatoms. The van der Waals surface area contributed by atoms with E-state index in [1.165, 1.54) is 12.8 Å². The minimum atomic E-state index is 0.223. The Labute approximate surface area is 83.5 Å². The van der Waals surface area contributed by atoms with Crippen molar-refractivity contribution in [3.8, 4) is 11.5 Å². The number of benzene rings is 1. The molecule has 0 radical (unpaired) electrons. The van der Waals surface area contributed by atoms with Crippen LogP contribution in [-0.2, 0) is 6.54 Å². The van der Waals surface area contributed by atoms with Gasteiger partial charge < -0.3 is 15.6 Å². The summed E-state index contributed by atoms with van der Waals surface area (Å²) in [5.41, 5.74) is 6.19. The van der Waals surface area contributed by atoms with Crippen LogP contribution in [0.5, 0.6) is 11.5 Å². The van der Waals surface area contributed by atoms with Gasteiger partial charge in [-0.15, -0.1) is 0 Å². The average Bonchev–Trinajstić information content (AvgIpc) is 2.98. The van der Waals surface area contributed by atoms with Gasteiger partial charge in [-0.3, -0.25) is 0 Å². The zero-order valence-corrected chi connectivity index (χ0v) is 8.07. The standard InChI is InChI=1S/C11H15NO2/c12-6-9-3-4-10(5-11(9)13)14-7-8-1-2-8/h3-5,8,13H,1-2,6-7,12H2. The van der Waals surface area contributed by atoms with Crippen molar-refractivity contribution >= 4 is 0 Å². The van der Waals surface area contributed by atoms with Crippen molar-refractivity contribution < 1.29 is 9.84 Å². The van der Waals surface area contributed by atoms with E-state index >= 15 is 0 Å². The van der Waals surface area contributed by atoms with E-state index in [2.05, 4.69) is 0 Å². The van der Waals surface area contributed by atoms with Gasteiger partial charge in [-0.1, -0.05) is 6.07 Å². The number of hydrogen-bond acceptors (Lipinski definition) is 3. The number of aromatic hydroxyl groups is 1. The molecule has 0 heterocycles. The maximum atomic E-state index is 9.51. The van der Waals surface area contributed by atoms with Gasteiger partial charge in [0.2, 0.25) is 0 Å². The normalized spacial score (nSPS) is 15.5. The first-order valence-electron chi connectivity index (χ1n) is 4.94. The van der Waals surface area contributed by atoms with Gasteiger partial charge in [0, 0.05) is 18.2 Å². The number of phenols is 1. The molecule has 1 fully saturated rings. The lowest BCUT2D eigenvalue weighted by atomic mass is 10.2. The van der Waals surface area contributed by atoms with Crippen LogP contribution in [0.3, 0.4) is 0 Å². The fraction of sp³-hybridized carbons (Fsp3) is 0.455. The molecule has 76 valence electrons. The second kappa shape index (κ2) is 3.88. The molecule has 3 N–H and O–H groups in total. The Morgan fingerprint density at radius 1 is 1.43 bits per heavy atom. The second-order valence-corrected chi connectivity index (χ2v) is 3.75. The van der Waals surface area contributed by atoms with E-state index in [0.29, 0.717) is 6.54 Å². The van der Waals surface area contributed by atoms with Gasteiger partial charge in [-0.25, -0.2) is 0 Å². The van der Waals surface area contributed by atoms with Crippen LogP contribution >= 0.6 is 0 Å². The predicted molar refractivity (Wildman–Crippen MR) is 54.2 cm³/mol. The molecule has 1 aromatic rings. The van der Waals surface area contributed by atoms with Gasteiger partial charge in [-0.05, 0) is 24.8 Å². The van der Waals surface area contributed by atoms with Crippen LogP contribution < -0.4 is 10.5 Å². The number of hydrogen-bond donors (Lipinski definition) is 2. The molecule has 2 rings (SSSR count). The van der Waals surface area contributed by atoms with Crippen molar-refractivity contribution in [3.63, 3.8) is 0 Å². The monoisotopic (exact) mass is 193 g/mol. The molecule has 0 bridgehead atoms. The van der Waals surface area contributed by atoms with Crippen molar-refractivity contribution in [2.24, 2.45) is 11.7 Å². The van der Waals surface area contributed by atoms with Gasteiger partial charge in [0.15, 0.2) is 0 Å². The molecule has 1 aromatic carbocycles. The summed E-state index contributed by atoms with van der Waals surface area (Å²) in [7, 11) is 0. The lowest BCUT2D eigenvalue weighted by Crippen LogP contribution is -2.00. The average molecular weight is 193 g/mol. The molecule has 0 aliphatic heterocycles. The highest BCUT2D eigenvalue weighted by Gasteiger charge is 2.21. The van der Waals surface area contributed by atoms with Crippen molar-refractivity contribution in [2.75, 3.05) is 6.61 Å². The van der Waals surface area contributed by atoms with Crippen LogP contribution in [0.15, 0.2) is 18.2 Å². The van der Waals surface area contributed by atoms with Crippen LogP contribution in [-0.4, -0.2) is 11.7 Å². The van der Waals surface area contributed by atoms with Gasteiger partial charge >= 0.3 is 0 Å². The summed E-state index contributed by atoms with van der Waals surface area (Å²) in [6.07, 6.45) is 2.54. The van der Waals surface area contributed by atoms with E-state index < -0.39 is 0 Å². The molecule has 1 aliphatic rings. The fourth-order valence-electron chi connectivity index (χ4n) is 1.30. The summed E-state index contributed by atoms with van der Waals surface area (Å²) in [5, 5.41) is 9.51. The van der Waals surface area contributed by atoms with Crippen molar-refractivity contribution in [2.45, 2.75) is 19.4 Å². The van der Waals surface area contributed by atoms with Crippen molar-refractivity contribution in [1.29, 1.82) is 0 Å². The Kier molecular flexibility index (Phi) is 2.59. The van der Waals surface area contributed by atoms with Crippen LogP contribution in [0, 0.1) is 5.92 Å². The molecule has 1 aliphatic carbocycles. The molecule has 0 amide bonds. The van der Waals surface area contributed by atoms with E-state index in [1.807, 2.05) is 6.07 Å². The number of ether oxygens (including phenoxy) is 1. The Morgan fingerprint density at radius 2 is 2.21 bits per heavy atom. The topological polar surface area (TPSA) is 55.5 Å². The second-order valence-electron chi connectivity index (χ2n) is 3.75. The van der Waals surface area contributed by atoms with E-state index in [0.717, 1.165) is 23.8 Å². The molecule has 1 saturated carbocycles. The van der Waals surface area contributed by atoms with E-state index in [9.17, 15) is 5.11 Å². The number of phenolic OH excluding ortho intramolecular Hbond substituents is 1. The number of nitrogens with two attached hydrogens (primary N) is 1. The molecular weight excluding hydrogens is 178 g/mol. The van der Waals surface area contributed by atoms with Crippen molar-refractivity contribution in [3.05, 3.63) is 23.8 Å². The zero-order chi connectivity index (χ0) is 9.97. The molecule has 14 heavy (non-hydrogen) atoms. The summed E-state index contributed by atoms with van der Waals surface area (Å²) in [4.78, 5) is 0. The zero-order valence-electron chi connectivity index (χ0n) is 8.07. The largest absolute Gasteiger partial charge is 0.507 e. The van der Waals surface area contributed by atoms with Crippen LogP contribution in [0.1, 0.15) is 18.4 Å². The first kappa shape index (κ1) is 9.34. The van der Waals surface area contributed by atoms with Gasteiger partial charge in [-0.2, -0.15) is 0 Å². The Bertz CT molecular complexity index is 321. The van der Waals surface area contributed by atoms with E-state index in [1.54, 1.807) is 12.1 Å². The minimum Gasteiger partial charge on any atom is -0.507 e. The first-order valence-corrected chi connectivity index (χ1v) is 4.94. The lowest BCUT2D eigenvalue weighted by Gasteiger charge is -2.07. The van der Waals surface area contributed by atoms with Crippen LogP contribution in [0.2, 0.25) is 0 Å². The highest BCUT2D eigenvalue weighted by Crippen LogP contribution is 2.30. The minimum absolute atomic E-state index is 0.223. The molecule has 3 nitrogen and oxygen atoms in total. The van der Waals surface area contributed by atoms with Crippen molar-refractivity contribution in [1.82, 2.24) is 0 Å². The molecule has 0 atom stereocenters. The van der Waals surface area contributed by atoms with Crippen LogP contribution in [0.25, 0.3) is 0 Å². The Morgan fingerprint density at radius 3 is 2.79 bits per heavy atom. The summed E-state index contributed by atoms with van der Waals surface area (Å²) in [5.74, 6) is 1.68. The maximum Gasteiger partial charge on any atom is 0.123 e. The molecule has 0 saturated heterocycles. The molecule has 0 spiro atoms. The maximum absolute atomic E-state index is 9.51.